The molecule has 109 heavy (non-hydrogen) atoms. The van der Waals surface area contributed by atoms with E-state index in [-0.39, 0.29) is 21.7 Å². The molecule has 2 aliphatic carbocycles. The molecule has 0 bridgehead atoms. The topological polar surface area (TPSA) is 19.4 Å². The Morgan fingerprint density at radius 2 is 0.569 bits per heavy atom. The maximum Gasteiger partial charge on any atom is 0.212 e. The van der Waals surface area contributed by atoms with Crippen molar-refractivity contribution in [2.24, 2.45) is 35.2 Å². The molecule has 0 saturated heterocycles. The first-order chi connectivity index (χ1) is 54.1. The summed E-state index contributed by atoms with van der Waals surface area (Å²) in [4.78, 5) is 0. The molecule has 13 aromatic rings. The van der Waals surface area contributed by atoms with E-state index in [1.54, 1.807) is 18.5 Å². The molecule has 0 atom stereocenters. The van der Waals surface area contributed by atoms with Crippen LogP contribution in [0.25, 0.3) is 89.7 Å². The molecule has 0 N–H and O–H groups in total. The van der Waals surface area contributed by atoms with Gasteiger partial charge in [-0.25, -0.2) is 22.8 Å². The van der Waals surface area contributed by atoms with Crippen LogP contribution in [0.1, 0.15) is 167 Å². The molecule has 5 heteroatoms. The van der Waals surface area contributed by atoms with Crippen LogP contribution in [-0.2, 0) is 56.9 Å². The van der Waals surface area contributed by atoms with Crippen molar-refractivity contribution in [3.05, 3.63) is 339 Å². The predicted molar refractivity (Wildman–Crippen MR) is 460 cm³/mol. The van der Waals surface area contributed by atoms with Gasteiger partial charge in [0.05, 0.1) is 0 Å². The van der Waals surface area contributed by atoms with Crippen molar-refractivity contribution in [2.45, 2.75) is 172 Å². The molecular formula is C104H120N5+5. The Kier molecular flexibility index (Phi) is 21.7. The Morgan fingerprint density at radius 3 is 1.01 bits per heavy atom. The highest BCUT2D eigenvalue weighted by atomic mass is 14.9. The van der Waals surface area contributed by atoms with Gasteiger partial charge in [0, 0.05) is 94.2 Å². The highest BCUT2D eigenvalue weighted by Gasteiger charge is 2.40. The largest absolute Gasteiger partial charge is 0.212 e. The smallest absolute Gasteiger partial charge is 0.201 e. The highest BCUT2D eigenvalue weighted by Crippen LogP contribution is 2.49. The second-order valence-electron chi connectivity index (χ2n) is 33.5. The Balaban J connectivity index is 0.000000142. The Labute approximate surface area is 663 Å². The van der Waals surface area contributed by atoms with E-state index in [0.717, 1.165) is 17.0 Å². The number of aromatic nitrogens is 5. The summed E-state index contributed by atoms with van der Waals surface area (Å²) in [5.41, 5.74) is 36.8. The van der Waals surface area contributed by atoms with Gasteiger partial charge in [-0.1, -0.05) is 213 Å². The first-order valence-corrected chi connectivity index (χ1v) is 38.8. The molecule has 0 radical (unpaired) electrons. The summed E-state index contributed by atoms with van der Waals surface area (Å²) in [6, 6.07) is 81.4. The van der Waals surface area contributed by atoms with Gasteiger partial charge in [-0.05, 0) is 243 Å². The van der Waals surface area contributed by atoms with Crippen LogP contribution in [0.5, 0.6) is 0 Å². The molecule has 0 fully saturated rings. The van der Waals surface area contributed by atoms with Crippen LogP contribution in [0.15, 0.2) is 262 Å². The summed E-state index contributed by atoms with van der Waals surface area (Å²) < 4.78 is 56.7. The van der Waals surface area contributed by atoms with Crippen LogP contribution >= 0.6 is 0 Å². The molecule has 5 heterocycles. The molecule has 0 amide bonds. The zero-order valence-electron chi connectivity index (χ0n) is 74.9. The number of benzene rings is 8. The average molecular weight is 1450 g/mol. The average Bonchev–Trinajstić information content (AvgIpc) is 0.745. The van der Waals surface area contributed by atoms with Crippen molar-refractivity contribution in [1.29, 1.82) is 0 Å². The quantitative estimate of drug-likeness (QED) is 0.135. The summed E-state index contributed by atoms with van der Waals surface area (Å²) in [6.07, 6.45) is 14.9. The number of rotatable bonds is 8. The second kappa shape index (κ2) is 33.2. The van der Waals surface area contributed by atoms with E-state index in [1.807, 2.05) is 54.4 Å². The molecule has 0 unspecified atom stereocenters. The molecule has 5 aromatic heterocycles. The van der Waals surface area contributed by atoms with Crippen molar-refractivity contribution in [1.82, 2.24) is 0 Å². The minimum absolute atomic E-state index is 0.152. The molecule has 556 valence electrons. The maximum atomic E-state index is 7.77. The third-order valence-corrected chi connectivity index (χ3v) is 23.1. The van der Waals surface area contributed by atoms with E-state index >= 15 is 0 Å². The van der Waals surface area contributed by atoms with Crippen LogP contribution in [0, 0.1) is 69.1 Å². The normalized spacial score (nSPS) is 15.0. The lowest BCUT2D eigenvalue weighted by molar-refractivity contribution is -0.660. The number of hydrogen-bond donors (Lipinski definition) is 0. The van der Waals surface area contributed by atoms with E-state index in [0.29, 0.717) is 11.1 Å². The summed E-state index contributed by atoms with van der Waals surface area (Å²) in [6.45, 7) is 31.6. The van der Waals surface area contributed by atoms with Crippen molar-refractivity contribution in [3.63, 3.8) is 0 Å². The fourth-order valence-electron chi connectivity index (χ4n) is 16.0. The number of aryl methyl sites for hydroxylation is 15. The number of hydrogen-bond acceptors (Lipinski definition) is 0. The van der Waals surface area contributed by atoms with Gasteiger partial charge in [0.15, 0.2) is 31.0 Å². The van der Waals surface area contributed by atoms with E-state index in [1.165, 1.54) is 165 Å². The molecule has 2 aliphatic rings. The standard InChI is InChI=1S/C23H32N.C22H30N.2C20H20N.C19H18N/c1-15-12-21(24(8)14-17(15)3)18-13-20-19(11-16(18)2)22(4,5)9-10-23(20,6)7;1-15-8-9-20(23(7)14-15)17-13-19-18(12-16(17)2)21(3,4)10-11-22(19,5)6;1-15-9-7-8-12-18(15)20-13-16(2)19(14-21(20)3)17-10-5-4-6-11-17;1-15-9-11-19(16(2)13-15)20-12-10-18(14-21(20)3)17-7-5-4-6-8-17;1-15-8-6-7-11-18(15)19-13-12-17(14-20(19)2)16-9-4-3-5-10-16/h11-14H,9-10H2,1-8H3;8-9,12-14H,10-11H2,1-7H3;2*4-14H,1-3H3;3-14H,1-2H3/q5*+1/i3D3;1D3;;;. The summed E-state index contributed by atoms with van der Waals surface area (Å²) in [5, 5.41) is 0. The third-order valence-electron chi connectivity index (χ3n) is 23.1. The number of nitrogens with zero attached hydrogens (tertiary/aromatic N) is 5. The molecule has 0 spiro atoms. The van der Waals surface area contributed by atoms with Crippen LogP contribution in [0.4, 0.5) is 0 Å². The highest BCUT2D eigenvalue weighted by molar-refractivity contribution is 5.72. The molecule has 5 nitrogen and oxygen atoms in total. The Morgan fingerprint density at radius 1 is 0.229 bits per heavy atom. The van der Waals surface area contributed by atoms with Gasteiger partial charge >= 0.3 is 0 Å². The monoisotopic (exact) mass is 1440 g/mol. The van der Waals surface area contributed by atoms with E-state index in [2.05, 4.69) is 357 Å². The van der Waals surface area contributed by atoms with Gasteiger partial charge in [-0.2, -0.15) is 0 Å². The lowest BCUT2D eigenvalue weighted by Crippen LogP contribution is -2.35. The number of fused-ring (bicyclic) bond motifs is 2. The first-order valence-electron chi connectivity index (χ1n) is 41.8. The van der Waals surface area contributed by atoms with Crippen molar-refractivity contribution < 1.29 is 31.1 Å². The minimum atomic E-state index is -2.09. The SMILES string of the molecule is Cc1cc(-c2ccccc2C)[n+](C)cc1-c1ccccc1.Cc1ccc(-c2ccc(-c3ccccc3)c[n+]2C)c(C)c1.Cc1ccccc1-c1ccc(-c2ccccc2)c[n+]1C.[2H]C([2H])([2H])c1c[n+](C)c(-c2cc3c(cc2C)C(C)(C)CCC3(C)C)cc1C.[2H]C([2H])([2H])c1ccc(-c2cc3c(cc2C)C(C)(C)CCC3(C)C)[n+](C)c1. The molecule has 15 rings (SSSR count). The third kappa shape index (κ3) is 18.1. The summed E-state index contributed by atoms with van der Waals surface area (Å²) in [5.74, 6) is 0. The van der Waals surface area contributed by atoms with E-state index in [4.69, 9.17) is 8.22 Å². The van der Waals surface area contributed by atoms with Gasteiger partial charge < -0.3 is 0 Å². The summed E-state index contributed by atoms with van der Waals surface area (Å²) in [7, 11) is 10.2. The van der Waals surface area contributed by atoms with Gasteiger partial charge in [-0.15, -0.1) is 0 Å². The van der Waals surface area contributed by atoms with Gasteiger partial charge in [0.1, 0.15) is 35.2 Å². The molecule has 0 saturated carbocycles. The Bertz CT molecular complexity index is 5670. The van der Waals surface area contributed by atoms with Crippen LogP contribution in [0.3, 0.4) is 0 Å². The van der Waals surface area contributed by atoms with Crippen molar-refractivity contribution >= 4 is 0 Å². The lowest BCUT2D eigenvalue weighted by Gasteiger charge is -2.42. The van der Waals surface area contributed by atoms with Gasteiger partial charge in [-0.3, -0.25) is 0 Å². The predicted octanol–water partition coefficient (Wildman–Crippen LogP) is 23.7. The maximum absolute atomic E-state index is 7.77. The fraction of sp³-hybridized carbons (Fsp3) is 0.298. The molecule has 0 aliphatic heterocycles. The van der Waals surface area contributed by atoms with Crippen molar-refractivity contribution in [3.8, 4) is 89.7 Å². The molecule has 8 aromatic carbocycles. The number of pyridine rings is 5. The Hall–Kier alpha value is -10.5. The van der Waals surface area contributed by atoms with E-state index < -0.39 is 13.7 Å². The van der Waals surface area contributed by atoms with E-state index in [9.17, 15) is 0 Å². The van der Waals surface area contributed by atoms with Crippen LogP contribution < -0.4 is 22.8 Å². The first kappa shape index (κ1) is 71.4. The van der Waals surface area contributed by atoms with Gasteiger partial charge in [0.2, 0.25) is 28.5 Å². The second-order valence-corrected chi connectivity index (χ2v) is 33.5. The summed E-state index contributed by atoms with van der Waals surface area (Å²) >= 11 is 0. The minimum Gasteiger partial charge on any atom is -0.201 e. The lowest BCUT2D eigenvalue weighted by atomic mass is 9.62. The van der Waals surface area contributed by atoms with Crippen LogP contribution in [-0.4, -0.2) is 0 Å². The van der Waals surface area contributed by atoms with Gasteiger partial charge in [0.25, 0.3) is 0 Å². The zero-order valence-corrected chi connectivity index (χ0v) is 68.9. The van der Waals surface area contributed by atoms with Crippen LogP contribution in [0.2, 0.25) is 0 Å². The zero-order chi connectivity index (χ0) is 83.4. The van der Waals surface area contributed by atoms with Crippen molar-refractivity contribution in [2.75, 3.05) is 0 Å². The fourth-order valence-corrected chi connectivity index (χ4v) is 16.0. The molecular weight excluding hydrogens is 1320 g/mol.